The van der Waals surface area contributed by atoms with Crippen LogP contribution >= 0.6 is 0 Å². The van der Waals surface area contributed by atoms with Crippen molar-refractivity contribution in [1.29, 1.82) is 0 Å². The molecule has 1 amide bonds. The van der Waals surface area contributed by atoms with Gasteiger partial charge in [-0.05, 0) is 26.3 Å². The zero-order valence-electron chi connectivity index (χ0n) is 15.4. The van der Waals surface area contributed by atoms with Gasteiger partial charge < -0.3 is 14.5 Å². The Kier molecular flexibility index (Phi) is 4.38. The fourth-order valence-corrected chi connectivity index (χ4v) is 5.18. The predicted molar refractivity (Wildman–Crippen MR) is 93.9 cm³/mol. The van der Waals surface area contributed by atoms with Gasteiger partial charge in [-0.2, -0.15) is 0 Å². The quantitative estimate of drug-likeness (QED) is 0.768. The number of nitrogens with zero attached hydrogens (tertiary/aromatic N) is 3. The summed E-state index contributed by atoms with van der Waals surface area (Å²) in [6.07, 6.45) is 6.96. The fraction of sp³-hybridized carbons (Fsp3) is 0.947. The van der Waals surface area contributed by atoms with Gasteiger partial charge in [-0.25, -0.2) is 0 Å². The van der Waals surface area contributed by atoms with Crippen molar-refractivity contribution in [3.05, 3.63) is 0 Å². The summed E-state index contributed by atoms with van der Waals surface area (Å²) in [6.45, 7) is 9.31. The molecule has 0 aromatic heterocycles. The summed E-state index contributed by atoms with van der Waals surface area (Å²) < 4.78 is 6.22. The Balaban J connectivity index is 1.30. The summed E-state index contributed by atoms with van der Waals surface area (Å²) >= 11 is 0. The summed E-state index contributed by atoms with van der Waals surface area (Å²) in [6, 6.07) is 0.557. The first-order valence-electron chi connectivity index (χ1n) is 9.86. The fourth-order valence-electron chi connectivity index (χ4n) is 5.18. The molecule has 1 unspecified atom stereocenters. The van der Waals surface area contributed by atoms with E-state index in [1.807, 2.05) is 0 Å². The van der Waals surface area contributed by atoms with E-state index >= 15 is 0 Å². The molecule has 0 radical (unpaired) electrons. The van der Waals surface area contributed by atoms with Crippen molar-refractivity contribution in [1.82, 2.24) is 14.7 Å². The molecule has 24 heavy (non-hydrogen) atoms. The number of likely N-dealkylation sites (tertiary alicyclic amines) is 1. The third-order valence-electron chi connectivity index (χ3n) is 6.96. The van der Waals surface area contributed by atoms with Gasteiger partial charge in [0.2, 0.25) is 5.91 Å². The number of amides is 1. The standard InChI is InChI=1S/C19H33N3O2/c1-18(6-4-3-5-7-18)17(23)22-14-19(15-22)12-16(13-24-19)21-10-8-20(2)9-11-21/h16H,3-15H2,1-2H3. The van der Waals surface area contributed by atoms with E-state index in [0.717, 1.165) is 65.1 Å². The molecule has 136 valence electrons. The van der Waals surface area contributed by atoms with Crippen molar-refractivity contribution in [2.75, 3.05) is 52.9 Å². The summed E-state index contributed by atoms with van der Waals surface area (Å²) in [7, 11) is 2.20. The molecule has 1 saturated carbocycles. The van der Waals surface area contributed by atoms with Gasteiger partial charge in [0.25, 0.3) is 0 Å². The van der Waals surface area contributed by atoms with Crippen LogP contribution in [0.2, 0.25) is 0 Å². The van der Waals surface area contributed by atoms with Gasteiger partial charge in [0.1, 0.15) is 5.60 Å². The van der Waals surface area contributed by atoms with Gasteiger partial charge in [-0.15, -0.1) is 0 Å². The normalized spacial score (nSPS) is 33.6. The highest BCUT2D eigenvalue weighted by Crippen LogP contribution is 2.43. The monoisotopic (exact) mass is 335 g/mol. The molecular weight excluding hydrogens is 302 g/mol. The van der Waals surface area contributed by atoms with Crippen LogP contribution in [0.5, 0.6) is 0 Å². The van der Waals surface area contributed by atoms with Crippen LogP contribution < -0.4 is 0 Å². The molecule has 1 atom stereocenters. The SMILES string of the molecule is CN1CCN(C2COC3(C2)CN(C(=O)C2(C)CCCCC2)C3)CC1. The van der Waals surface area contributed by atoms with E-state index in [9.17, 15) is 4.79 Å². The zero-order chi connectivity index (χ0) is 16.8. The summed E-state index contributed by atoms with van der Waals surface area (Å²) in [4.78, 5) is 20.0. The minimum atomic E-state index is -0.102. The highest BCUT2D eigenvalue weighted by atomic mass is 16.5. The van der Waals surface area contributed by atoms with E-state index in [1.165, 1.54) is 19.3 Å². The van der Waals surface area contributed by atoms with Crippen molar-refractivity contribution in [3.63, 3.8) is 0 Å². The zero-order valence-corrected chi connectivity index (χ0v) is 15.4. The smallest absolute Gasteiger partial charge is 0.228 e. The number of piperazine rings is 1. The Morgan fingerprint density at radius 3 is 2.38 bits per heavy atom. The third kappa shape index (κ3) is 2.99. The van der Waals surface area contributed by atoms with Crippen molar-refractivity contribution in [2.24, 2.45) is 5.41 Å². The number of rotatable bonds is 2. The topological polar surface area (TPSA) is 36.0 Å². The summed E-state index contributed by atoms with van der Waals surface area (Å²) in [5.74, 6) is 0.388. The van der Waals surface area contributed by atoms with Gasteiger partial charge in [0.15, 0.2) is 0 Å². The van der Waals surface area contributed by atoms with Crippen molar-refractivity contribution in [2.45, 2.75) is 57.1 Å². The maximum absolute atomic E-state index is 12.9. The average Bonchev–Trinajstić information content (AvgIpc) is 3.00. The second-order valence-corrected chi connectivity index (χ2v) is 8.97. The second-order valence-electron chi connectivity index (χ2n) is 8.97. The Bertz CT molecular complexity index is 475. The molecule has 0 aromatic rings. The van der Waals surface area contributed by atoms with Crippen LogP contribution in [-0.2, 0) is 9.53 Å². The largest absolute Gasteiger partial charge is 0.370 e. The van der Waals surface area contributed by atoms with Crippen molar-refractivity contribution >= 4 is 5.91 Å². The lowest BCUT2D eigenvalue weighted by molar-refractivity contribution is -0.168. The first-order valence-corrected chi connectivity index (χ1v) is 9.86. The van der Waals surface area contributed by atoms with E-state index in [-0.39, 0.29) is 11.0 Å². The highest BCUT2D eigenvalue weighted by Gasteiger charge is 2.54. The molecule has 0 bridgehead atoms. The van der Waals surface area contributed by atoms with Crippen molar-refractivity contribution < 1.29 is 9.53 Å². The Morgan fingerprint density at radius 1 is 1.04 bits per heavy atom. The number of hydrogen-bond donors (Lipinski definition) is 0. The van der Waals surface area contributed by atoms with Crippen molar-refractivity contribution in [3.8, 4) is 0 Å². The molecule has 1 spiro atoms. The highest BCUT2D eigenvalue weighted by molar-refractivity contribution is 5.83. The first-order chi connectivity index (χ1) is 11.5. The van der Waals surface area contributed by atoms with Crippen LogP contribution in [0.4, 0.5) is 0 Å². The Morgan fingerprint density at radius 2 is 1.71 bits per heavy atom. The molecule has 1 aliphatic carbocycles. The second kappa shape index (κ2) is 6.26. The van der Waals surface area contributed by atoms with Crippen LogP contribution in [0.15, 0.2) is 0 Å². The lowest BCUT2D eigenvalue weighted by Gasteiger charge is -2.50. The number of ether oxygens (including phenoxy) is 1. The summed E-state index contributed by atoms with van der Waals surface area (Å²) in [5, 5.41) is 0. The average molecular weight is 335 g/mol. The van der Waals surface area contributed by atoms with Gasteiger partial charge in [-0.1, -0.05) is 26.2 Å². The first kappa shape index (κ1) is 16.8. The molecule has 3 heterocycles. The van der Waals surface area contributed by atoms with Crippen LogP contribution in [-0.4, -0.2) is 85.2 Å². The van der Waals surface area contributed by atoms with E-state index in [0.29, 0.717) is 11.9 Å². The van der Waals surface area contributed by atoms with Crippen LogP contribution in [0.3, 0.4) is 0 Å². The minimum Gasteiger partial charge on any atom is -0.370 e. The number of carbonyl (C=O) groups excluding carboxylic acids is 1. The molecule has 0 N–H and O–H groups in total. The van der Waals surface area contributed by atoms with Gasteiger partial charge >= 0.3 is 0 Å². The molecule has 3 saturated heterocycles. The molecule has 4 rings (SSSR count). The van der Waals surface area contributed by atoms with Crippen LogP contribution in [0.1, 0.15) is 45.4 Å². The predicted octanol–water partition coefficient (Wildman–Crippen LogP) is 1.57. The lowest BCUT2D eigenvalue weighted by Crippen LogP contribution is -2.66. The van der Waals surface area contributed by atoms with E-state index < -0.39 is 0 Å². The molecule has 5 heteroatoms. The Labute approximate surface area is 146 Å². The number of hydrogen-bond acceptors (Lipinski definition) is 4. The molecule has 5 nitrogen and oxygen atoms in total. The van der Waals surface area contributed by atoms with E-state index in [4.69, 9.17) is 4.74 Å². The lowest BCUT2D eigenvalue weighted by atomic mass is 9.73. The summed E-state index contributed by atoms with van der Waals surface area (Å²) in [5.41, 5.74) is -0.135. The molecule has 3 aliphatic heterocycles. The Hall–Kier alpha value is -0.650. The van der Waals surface area contributed by atoms with Crippen LogP contribution in [0.25, 0.3) is 0 Å². The van der Waals surface area contributed by atoms with E-state index in [2.05, 4.69) is 28.7 Å². The number of carbonyl (C=O) groups is 1. The molecule has 0 aromatic carbocycles. The molecular formula is C19H33N3O2. The molecule has 4 fully saturated rings. The minimum absolute atomic E-state index is 0.0330. The maximum Gasteiger partial charge on any atom is 0.228 e. The van der Waals surface area contributed by atoms with Gasteiger partial charge in [0.05, 0.1) is 19.7 Å². The van der Waals surface area contributed by atoms with Gasteiger partial charge in [0, 0.05) is 37.6 Å². The van der Waals surface area contributed by atoms with Crippen LogP contribution in [0, 0.1) is 5.41 Å². The number of likely N-dealkylation sites (N-methyl/N-ethyl adjacent to an activating group) is 1. The third-order valence-corrected chi connectivity index (χ3v) is 6.96. The maximum atomic E-state index is 12.9. The van der Waals surface area contributed by atoms with E-state index in [1.54, 1.807) is 0 Å². The molecule has 4 aliphatic rings. The van der Waals surface area contributed by atoms with Gasteiger partial charge in [-0.3, -0.25) is 9.69 Å².